The Hall–Kier alpha value is -2.38. The summed E-state index contributed by atoms with van der Waals surface area (Å²) in [6.07, 6.45) is 1.54. The summed E-state index contributed by atoms with van der Waals surface area (Å²) in [6, 6.07) is 5.56. The highest BCUT2D eigenvalue weighted by Crippen LogP contribution is 2.31. The first kappa shape index (κ1) is 17.1. The zero-order chi connectivity index (χ0) is 18.1. The summed E-state index contributed by atoms with van der Waals surface area (Å²) < 4.78 is 6.92. The van der Waals surface area contributed by atoms with Crippen molar-refractivity contribution in [2.45, 2.75) is 19.4 Å². The van der Waals surface area contributed by atoms with Crippen molar-refractivity contribution in [3.05, 3.63) is 39.7 Å². The highest BCUT2D eigenvalue weighted by atomic mass is 16.5. The summed E-state index contributed by atoms with van der Waals surface area (Å²) in [5.74, 6) is -0.715. The molecule has 138 valence electrons. The summed E-state index contributed by atoms with van der Waals surface area (Å²) in [5.41, 5.74) is 1.22. The van der Waals surface area contributed by atoms with E-state index in [0.29, 0.717) is 18.5 Å². The van der Waals surface area contributed by atoms with Crippen LogP contribution in [-0.4, -0.2) is 59.9 Å². The van der Waals surface area contributed by atoms with Crippen LogP contribution in [0.15, 0.2) is 23.0 Å². The van der Waals surface area contributed by atoms with Crippen LogP contribution in [0.1, 0.15) is 22.3 Å². The monoisotopic (exact) mass is 357 g/mol. The second kappa shape index (κ2) is 7.09. The Morgan fingerprint density at radius 2 is 2.04 bits per heavy atom. The number of hydrogen-bond acceptors (Lipinski definition) is 5. The molecule has 0 aliphatic carbocycles. The van der Waals surface area contributed by atoms with Crippen LogP contribution in [0.5, 0.6) is 5.75 Å². The molecule has 3 heterocycles. The number of hydrogen-bond donors (Lipinski definition) is 2. The van der Waals surface area contributed by atoms with Crippen LogP contribution < -0.4 is 10.9 Å². The minimum atomic E-state index is -0.502. The van der Waals surface area contributed by atoms with Gasteiger partial charge in [-0.1, -0.05) is 12.1 Å². The normalized spacial score (nSPS) is 16.9. The van der Waals surface area contributed by atoms with Crippen LogP contribution in [0.25, 0.3) is 10.9 Å². The lowest BCUT2D eigenvalue weighted by Crippen LogP contribution is -2.38. The van der Waals surface area contributed by atoms with Crippen LogP contribution in [-0.2, 0) is 17.7 Å². The van der Waals surface area contributed by atoms with E-state index < -0.39 is 11.5 Å². The maximum Gasteiger partial charge on any atom is 0.267 e. The molecule has 0 spiro atoms. The van der Waals surface area contributed by atoms with Crippen LogP contribution in [0, 0.1) is 0 Å². The molecular formula is C19H23N3O4. The number of aromatic nitrogens is 1. The van der Waals surface area contributed by atoms with E-state index in [0.717, 1.165) is 56.8 Å². The molecule has 0 saturated carbocycles. The first-order valence-electron chi connectivity index (χ1n) is 9.12. The van der Waals surface area contributed by atoms with Crippen molar-refractivity contribution < 1.29 is 14.6 Å². The van der Waals surface area contributed by atoms with Gasteiger partial charge in [0.05, 0.1) is 18.7 Å². The van der Waals surface area contributed by atoms with E-state index in [2.05, 4.69) is 10.2 Å². The predicted octanol–water partition coefficient (Wildman–Crippen LogP) is 0.715. The average molecular weight is 357 g/mol. The summed E-state index contributed by atoms with van der Waals surface area (Å²) in [6.45, 7) is 5.21. The Labute approximate surface area is 151 Å². The van der Waals surface area contributed by atoms with Crippen molar-refractivity contribution in [2.24, 2.45) is 0 Å². The fraction of sp³-hybridized carbons (Fsp3) is 0.474. The van der Waals surface area contributed by atoms with Crippen molar-refractivity contribution in [3.63, 3.8) is 0 Å². The smallest absolute Gasteiger partial charge is 0.267 e. The third-order valence-corrected chi connectivity index (χ3v) is 5.21. The number of para-hydroxylation sites is 1. The number of carbonyl (C=O) groups is 1. The number of aromatic hydroxyl groups is 1. The SMILES string of the molecule is O=C(NCCCN1CCOCC1)c1c(O)c2cccc3c2n(c1=O)CC3. The molecule has 0 bridgehead atoms. The van der Waals surface area contributed by atoms with Gasteiger partial charge in [0, 0.05) is 31.6 Å². The molecule has 2 aliphatic heterocycles. The quantitative estimate of drug-likeness (QED) is 0.771. The lowest BCUT2D eigenvalue weighted by molar-refractivity contribution is 0.0374. The van der Waals surface area contributed by atoms with E-state index in [9.17, 15) is 14.7 Å². The first-order valence-corrected chi connectivity index (χ1v) is 9.12. The number of rotatable bonds is 5. The summed E-state index contributed by atoms with van der Waals surface area (Å²) in [7, 11) is 0. The van der Waals surface area contributed by atoms with Crippen LogP contribution in [0.4, 0.5) is 0 Å². The predicted molar refractivity (Wildman–Crippen MR) is 97.8 cm³/mol. The largest absolute Gasteiger partial charge is 0.506 e. The topological polar surface area (TPSA) is 83.8 Å². The van der Waals surface area contributed by atoms with E-state index in [4.69, 9.17) is 4.74 Å². The highest BCUT2D eigenvalue weighted by molar-refractivity contribution is 6.03. The van der Waals surface area contributed by atoms with E-state index in [-0.39, 0.29) is 11.3 Å². The Balaban J connectivity index is 1.48. The fourth-order valence-electron chi connectivity index (χ4n) is 3.84. The fourth-order valence-corrected chi connectivity index (χ4v) is 3.84. The molecule has 4 rings (SSSR count). The lowest BCUT2D eigenvalue weighted by atomic mass is 10.1. The van der Waals surface area contributed by atoms with Crippen molar-refractivity contribution in [1.82, 2.24) is 14.8 Å². The molecule has 1 amide bonds. The molecule has 1 aromatic carbocycles. The van der Waals surface area contributed by atoms with E-state index in [1.165, 1.54) is 0 Å². The van der Waals surface area contributed by atoms with Crippen LogP contribution in [0.2, 0.25) is 0 Å². The van der Waals surface area contributed by atoms with Gasteiger partial charge in [-0.2, -0.15) is 0 Å². The maximum atomic E-state index is 12.7. The number of aryl methyl sites for hydroxylation is 2. The first-order chi connectivity index (χ1) is 12.7. The number of amides is 1. The van der Waals surface area contributed by atoms with Gasteiger partial charge < -0.3 is 19.7 Å². The van der Waals surface area contributed by atoms with Gasteiger partial charge in [-0.05, 0) is 31.0 Å². The second-order valence-corrected chi connectivity index (χ2v) is 6.81. The zero-order valence-electron chi connectivity index (χ0n) is 14.7. The second-order valence-electron chi connectivity index (χ2n) is 6.81. The Kier molecular flexibility index (Phi) is 4.65. The minimum Gasteiger partial charge on any atom is -0.506 e. The van der Waals surface area contributed by atoms with Gasteiger partial charge in [0.25, 0.3) is 11.5 Å². The molecule has 1 fully saturated rings. The molecule has 0 atom stereocenters. The van der Waals surface area contributed by atoms with E-state index in [1.807, 2.05) is 12.1 Å². The molecule has 1 aromatic heterocycles. The number of ether oxygens (including phenoxy) is 1. The van der Waals surface area contributed by atoms with Gasteiger partial charge in [-0.25, -0.2) is 0 Å². The molecule has 2 aliphatic rings. The molecule has 2 aromatic rings. The third kappa shape index (κ3) is 2.97. The van der Waals surface area contributed by atoms with Gasteiger partial charge in [0.1, 0.15) is 11.3 Å². The minimum absolute atomic E-state index is 0.150. The Morgan fingerprint density at radius 3 is 2.85 bits per heavy atom. The molecule has 2 N–H and O–H groups in total. The molecule has 7 nitrogen and oxygen atoms in total. The number of nitrogens with zero attached hydrogens (tertiary/aromatic N) is 2. The standard InChI is InChI=1S/C19H23N3O4/c23-17-14-4-1-3-13-5-8-22(16(13)14)19(25)15(17)18(24)20-6-2-7-21-9-11-26-12-10-21/h1,3-4,23H,2,5-12H2,(H,20,24). The number of benzene rings is 1. The van der Waals surface area contributed by atoms with E-state index >= 15 is 0 Å². The maximum absolute atomic E-state index is 12.7. The molecule has 7 heteroatoms. The number of nitrogens with one attached hydrogen (secondary N) is 1. The zero-order valence-corrected chi connectivity index (χ0v) is 14.7. The summed E-state index contributed by atoms with van der Waals surface area (Å²) >= 11 is 0. The van der Waals surface area contributed by atoms with Gasteiger partial charge in [-0.15, -0.1) is 0 Å². The summed E-state index contributed by atoms with van der Waals surface area (Å²) in [5, 5.41) is 13.9. The summed E-state index contributed by atoms with van der Waals surface area (Å²) in [4.78, 5) is 27.5. The number of pyridine rings is 1. The highest BCUT2D eigenvalue weighted by Gasteiger charge is 2.25. The van der Waals surface area contributed by atoms with Gasteiger partial charge in [0.2, 0.25) is 0 Å². The lowest BCUT2D eigenvalue weighted by Gasteiger charge is -2.26. The average Bonchev–Trinajstić information content (AvgIpc) is 3.10. The van der Waals surface area contributed by atoms with Crippen molar-refractivity contribution in [2.75, 3.05) is 39.4 Å². The third-order valence-electron chi connectivity index (χ3n) is 5.21. The number of carbonyl (C=O) groups excluding carboxylic acids is 1. The number of morpholine rings is 1. The molecule has 26 heavy (non-hydrogen) atoms. The Bertz CT molecular complexity index is 900. The van der Waals surface area contributed by atoms with Crippen molar-refractivity contribution >= 4 is 16.8 Å². The van der Waals surface area contributed by atoms with Crippen LogP contribution >= 0.6 is 0 Å². The van der Waals surface area contributed by atoms with Gasteiger partial charge in [0.15, 0.2) is 0 Å². The van der Waals surface area contributed by atoms with E-state index in [1.54, 1.807) is 10.6 Å². The van der Waals surface area contributed by atoms with Crippen molar-refractivity contribution in [3.8, 4) is 5.75 Å². The van der Waals surface area contributed by atoms with Gasteiger partial charge >= 0.3 is 0 Å². The van der Waals surface area contributed by atoms with Crippen LogP contribution in [0.3, 0.4) is 0 Å². The molecule has 1 saturated heterocycles. The van der Waals surface area contributed by atoms with Gasteiger partial charge in [-0.3, -0.25) is 14.5 Å². The molecular weight excluding hydrogens is 334 g/mol. The molecule has 0 unspecified atom stereocenters. The van der Waals surface area contributed by atoms with Crippen molar-refractivity contribution in [1.29, 1.82) is 0 Å². The molecule has 0 radical (unpaired) electrons. The Morgan fingerprint density at radius 1 is 1.23 bits per heavy atom.